The maximum atomic E-state index is 11.3. The molecule has 2 atom stereocenters. The van der Waals surface area contributed by atoms with Crippen molar-refractivity contribution >= 4 is 10.1 Å². The molecule has 4 nitrogen and oxygen atoms in total. The van der Waals surface area contributed by atoms with Crippen molar-refractivity contribution in [1.82, 2.24) is 0 Å². The van der Waals surface area contributed by atoms with Crippen LogP contribution in [0.4, 0.5) is 0 Å². The van der Waals surface area contributed by atoms with E-state index in [0.717, 1.165) is 19.3 Å². The second kappa shape index (κ2) is 11.5. The van der Waals surface area contributed by atoms with Crippen LogP contribution in [-0.2, 0) is 10.1 Å². The Morgan fingerprint density at radius 2 is 1.35 bits per heavy atom. The second-order valence-corrected chi connectivity index (χ2v) is 7.52. The third kappa shape index (κ3) is 11.7. The van der Waals surface area contributed by atoms with Gasteiger partial charge in [0.25, 0.3) is 10.1 Å². The predicted molar refractivity (Wildman–Crippen MR) is 83.5 cm³/mol. The number of aliphatic hydroxyl groups excluding tert-OH is 1. The van der Waals surface area contributed by atoms with Crippen LogP contribution in [0.5, 0.6) is 0 Å². The van der Waals surface area contributed by atoms with Crippen molar-refractivity contribution in [2.75, 3.05) is 0 Å². The Kier molecular flexibility index (Phi) is 11.4. The van der Waals surface area contributed by atoms with E-state index in [2.05, 4.69) is 6.92 Å². The molecule has 0 bridgehead atoms. The average Bonchev–Trinajstić information content (AvgIpc) is 2.34. The number of rotatable bonds is 13. The minimum Gasteiger partial charge on any atom is -0.393 e. The van der Waals surface area contributed by atoms with E-state index < -0.39 is 21.5 Å². The number of unbranched alkanes of at least 4 members (excludes halogenated alkanes) is 7. The van der Waals surface area contributed by atoms with E-state index in [1.165, 1.54) is 32.1 Å². The number of hydrogen-bond donors (Lipinski definition) is 2. The fourth-order valence-corrected chi connectivity index (χ4v) is 3.27. The van der Waals surface area contributed by atoms with E-state index in [1.54, 1.807) is 6.92 Å². The molecule has 5 heteroatoms. The largest absolute Gasteiger partial charge is 0.393 e. The van der Waals surface area contributed by atoms with Gasteiger partial charge in [0.2, 0.25) is 0 Å². The monoisotopic (exact) mass is 308 g/mol. The molecule has 0 saturated heterocycles. The van der Waals surface area contributed by atoms with E-state index in [9.17, 15) is 18.1 Å². The first-order chi connectivity index (χ1) is 9.38. The summed E-state index contributed by atoms with van der Waals surface area (Å²) in [5, 5.41) is 8.49. The fraction of sp³-hybridized carbons (Fsp3) is 1.00. The molecule has 122 valence electrons. The van der Waals surface area contributed by atoms with Gasteiger partial charge in [-0.05, 0) is 26.2 Å². The molecule has 0 saturated carbocycles. The summed E-state index contributed by atoms with van der Waals surface area (Å²) in [5.41, 5.74) is 0. The summed E-state index contributed by atoms with van der Waals surface area (Å²) in [7, 11) is -3.98. The normalized spacial score (nSPS) is 15.2. The molecular formula is C15H32O4S. The van der Waals surface area contributed by atoms with E-state index >= 15 is 0 Å². The molecule has 0 aliphatic heterocycles. The van der Waals surface area contributed by atoms with Gasteiger partial charge in [-0.1, -0.05) is 58.3 Å². The van der Waals surface area contributed by atoms with E-state index in [0.29, 0.717) is 19.3 Å². The zero-order valence-corrected chi connectivity index (χ0v) is 13.9. The minimum atomic E-state index is -3.98. The third-order valence-corrected chi connectivity index (χ3v) is 5.02. The molecule has 0 aliphatic rings. The molecule has 0 radical (unpaired) electrons. The van der Waals surface area contributed by atoms with Gasteiger partial charge in [0.05, 0.1) is 11.4 Å². The van der Waals surface area contributed by atoms with Gasteiger partial charge in [0.15, 0.2) is 0 Å². The van der Waals surface area contributed by atoms with Crippen LogP contribution in [0, 0.1) is 0 Å². The highest BCUT2D eigenvalue weighted by atomic mass is 32.2. The van der Waals surface area contributed by atoms with Crippen molar-refractivity contribution in [3.63, 3.8) is 0 Å². The third-order valence-electron chi connectivity index (χ3n) is 3.71. The number of aliphatic hydroxyl groups is 1. The quantitative estimate of drug-likeness (QED) is 0.399. The Bertz CT molecular complexity index is 312. The lowest BCUT2D eigenvalue weighted by atomic mass is 10.0. The minimum absolute atomic E-state index is 0.340. The van der Waals surface area contributed by atoms with Gasteiger partial charge >= 0.3 is 0 Å². The van der Waals surface area contributed by atoms with Crippen molar-refractivity contribution in [1.29, 1.82) is 0 Å². The second-order valence-electron chi connectivity index (χ2n) is 5.83. The van der Waals surface area contributed by atoms with Gasteiger partial charge in [0, 0.05) is 0 Å². The van der Waals surface area contributed by atoms with Crippen LogP contribution < -0.4 is 0 Å². The Morgan fingerprint density at radius 1 is 0.850 bits per heavy atom. The summed E-state index contributed by atoms with van der Waals surface area (Å²) < 4.78 is 31.7. The highest BCUT2D eigenvalue weighted by Gasteiger charge is 2.22. The first kappa shape index (κ1) is 19.9. The van der Waals surface area contributed by atoms with Crippen molar-refractivity contribution in [2.24, 2.45) is 0 Å². The summed E-state index contributed by atoms with van der Waals surface area (Å²) in [6, 6.07) is 0. The van der Waals surface area contributed by atoms with Crippen LogP contribution in [0.3, 0.4) is 0 Å². The van der Waals surface area contributed by atoms with Crippen molar-refractivity contribution in [3.8, 4) is 0 Å². The Balaban J connectivity index is 3.75. The molecular weight excluding hydrogens is 276 g/mol. The molecule has 0 spiro atoms. The van der Waals surface area contributed by atoms with Crippen molar-refractivity contribution < 1.29 is 18.1 Å². The van der Waals surface area contributed by atoms with Crippen LogP contribution in [0.15, 0.2) is 0 Å². The average molecular weight is 308 g/mol. The van der Waals surface area contributed by atoms with Gasteiger partial charge in [-0.2, -0.15) is 8.42 Å². The summed E-state index contributed by atoms with van der Waals surface area (Å²) in [6.07, 6.45) is 10.0. The van der Waals surface area contributed by atoms with Crippen LogP contribution >= 0.6 is 0 Å². The van der Waals surface area contributed by atoms with E-state index in [4.69, 9.17) is 0 Å². The first-order valence-corrected chi connectivity index (χ1v) is 9.52. The summed E-state index contributed by atoms with van der Waals surface area (Å²) in [6.45, 7) is 3.83. The van der Waals surface area contributed by atoms with Gasteiger partial charge in [0.1, 0.15) is 0 Å². The topological polar surface area (TPSA) is 74.6 Å². The number of hydrogen-bond acceptors (Lipinski definition) is 3. The van der Waals surface area contributed by atoms with Gasteiger partial charge in [-0.15, -0.1) is 0 Å². The molecule has 0 rings (SSSR count). The maximum Gasteiger partial charge on any atom is 0.267 e. The fourth-order valence-electron chi connectivity index (χ4n) is 2.38. The molecule has 0 aliphatic carbocycles. The molecule has 0 fully saturated rings. The highest BCUT2D eigenvalue weighted by molar-refractivity contribution is 7.86. The molecule has 2 unspecified atom stereocenters. The lowest BCUT2D eigenvalue weighted by molar-refractivity contribution is 0.180. The standard InChI is InChI=1S/C15H32O4S/c1-3-4-5-6-7-8-9-10-11-15(20(17,18)19)13-12-14(2)16/h14-16H,3-13H2,1-2H3,(H,17,18,19). The van der Waals surface area contributed by atoms with Gasteiger partial charge in [-0.3, -0.25) is 4.55 Å². The molecule has 0 heterocycles. The van der Waals surface area contributed by atoms with Crippen LogP contribution in [-0.4, -0.2) is 29.4 Å². The zero-order chi connectivity index (χ0) is 15.4. The molecule has 0 aromatic heterocycles. The van der Waals surface area contributed by atoms with Crippen LogP contribution in [0.25, 0.3) is 0 Å². The first-order valence-electron chi connectivity index (χ1n) is 8.02. The Morgan fingerprint density at radius 3 is 1.80 bits per heavy atom. The SMILES string of the molecule is CCCCCCCCCCC(CCC(C)O)S(=O)(=O)O. The summed E-state index contributed by atoms with van der Waals surface area (Å²) >= 11 is 0. The van der Waals surface area contributed by atoms with Gasteiger partial charge < -0.3 is 5.11 Å². The van der Waals surface area contributed by atoms with Crippen molar-refractivity contribution in [3.05, 3.63) is 0 Å². The van der Waals surface area contributed by atoms with Crippen LogP contribution in [0.2, 0.25) is 0 Å². The molecule has 20 heavy (non-hydrogen) atoms. The smallest absolute Gasteiger partial charge is 0.267 e. The van der Waals surface area contributed by atoms with Gasteiger partial charge in [-0.25, -0.2) is 0 Å². The van der Waals surface area contributed by atoms with Crippen LogP contribution in [0.1, 0.15) is 84.5 Å². The Labute approximate surface area is 124 Å². The maximum absolute atomic E-state index is 11.3. The Hall–Kier alpha value is -0.130. The molecule has 0 amide bonds. The van der Waals surface area contributed by atoms with Crippen molar-refractivity contribution in [2.45, 2.75) is 95.8 Å². The molecule has 0 aromatic rings. The lowest BCUT2D eigenvalue weighted by Gasteiger charge is -2.14. The highest BCUT2D eigenvalue weighted by Crippen LogP contribution is 2.18. The van der Waals surface area contributed by atoms with E-state index in [-0.39, 0.29) is 0 Å². The lowest BCUT2D eigenvalue weighted by Crippen LogP contribution is -2.22. The molecule has 2 N–H and O–H groups in total. The summed E-state index contributed by atoms with van der Waals surface area (Å²) in [5.74, 6) is 0. The zero-order valence-electron chi connectivity index (χ0n) is 13.1. The summed E-state index contributed by atoms with van der Waals surface area (Å²) in [4.78, 5) is 0. The molecule has 0 aromatic carbocycles. The van der Waals surface area contributed by atoms with E-state index in [1.807, 2.05) is 0 Å². The predicted octanol–water partition coefficient (Wildman–Crippen LogP) is 3.93.